The highest BCUT2D eigenvalue weighted by atomic mass is 16.8. The molecule has 4 aliphatic rings. The highest BCUT2D eigenvalue weighted by molar-refractivity contribution is 5.92. The summed E-state index contributed by atoms with van der Waals surface area (Å²) < 4.78 is 27.9. The number of benzene rings is 2. The molecule has 0 saturated heterocycles. The molecule has 4 aliphatic carbocycles. The molecule has 0 radical (unpaired) electrons. The normalized spacial score (nSPS) is 26.0. The average molecular weight is 521 g/mol. The van der Waals surface area contributed by atoms with E-state index in [4.69, 9.17) is 23.7 Å². The first-order chi connectivity index (χ1) is 18.4. The molecule has 0 heterocycles. The third-order valence-corrected chi connectivity index (χ3v) is 8.18. The van der Waals surface area contributed by atoms with Crippen LogP contribution in [0, 0.1) is 17.8 Å². The van der Waals surface area contributed by atoms with Crippen molar-refractivity contribution >= 4 is 11.9 Å². The Morgan fingerprint density at radius 1 is 0.974 bits per heavy atom. The van der Waals surface area contributed by atoms with Crippen LogP contribution in [0.25, 0.3) is 0 Å². The third kappa shape index (κ3) is 5.49. The Labute approximate surface area is 224 Å². The molecule has 202 valence electrons. The van der Waals surface area contributed by atoms with E-state index in [0.717, 1.165) is 42.6 Å². The minimum absolute atomic E-state index is 0.0155. The Balaban J connectivity index is 1.40. The summed E-state index contributed by atoms with van der Waals surface area (Å²) in [5.74, 6) is 2.32. The Hall–Kier alpha value is -3.16. The van der Waals surface area contributed by atoms with Gasteiger partial charge in [0.1, 0.15) is 18.1 Å². The van der Waals surface area contributed by atoms with Crippen molar-refractivity contribution in [2.75, 3.05) is 20.3 Å². The topological polar surface area (TPSA) is 80.3 Å². The number of ether oxygens (including phenoxy) is 5. The van der Waals surface area contributed by atoms with E-state index in [1.165, 1.54) is 25.3 Å². The number of hydrogen-bond acceptors (Lipinski definition) is 7. The molecule has 4 bridgehead atoms. The van der Waals surface area contributed by atoms with Gasteiger partial charge in [0.25, 0.3) is 0 Å². The summed E-state index contributed by atoms with van der Waals surface area (Å²) in [6.45, 7) is 5.21. The molecule has 2 aromatic rings. The molecule has 0 amide bonds. The zero-order valence-electron chi connectivity index (χ0n) is 22.1. The third-order valence-electron chi connectivity index (χ3n) is 8.18. The van der Waals surface area contributed by atoms with Gasteiger partial charge in [0.15, 0.2) is 0 Å². The molecule has 0 aliphatic heterocycles. The van der Waals surface area contributed by atoms with Crippen LogP contribution in [0.4, 0.5) is 0 Å². The molecule has 7 nitrogen and oxygen atoms in total. The summed E-state index contributed by atoms with van der Waals surface area (Å²) in [5.41, 5.74) is 1.87. The lowest BCUT2D eigenvalue weighted by atomic mass is 9.48. The van der Waals surface area contributed by atoms with Crippen LogP contribution in [0.2, 0.25) is 0 Å². The number of carbonyl (C=O) groups is 2. The molecule has 4 fully saturated rings. The summed E-state index contributed by atoms with van der Waals surface area (Å²) in [4.78, 5) is 25.3. The maximum atomic E-state index is 13.2. The number of carbonyl (C=O) groups excluding carboxylic acids is 2. The maximum absolute atomic E-state index is 13.2. The average Bonchev–Trinajstić information content (AvgIpc) is 2.91. The van der Waals surface area contributed by atoms with Crippen LogP contribution in [-0.2, 0) is 19.6 Å². The Morgan fingerprint density at radius 3 is 2.18 bits per heavy atom. The molecule has 0 spiro atoms. The lowest BCUT2D eigenvalue weighted by Crippen LogP contribution is -2.48. The zero-order valence-corrected chi connectivity index (χ0v) is 22.1. The van der Waals surface area contributed by atoms with Gasteiger partial charge in [-0.2, -0.15) is 0 Å². The highest BCUT2D eigenvalue weighted by Gasteiger charge is 2.52. The van der Waals surface area contributed by atoms with E-state index in [1.807, 2.05) is 19.1 Å². The van der Waals surface area contributed by atoms with Gasteiger partial charge in [-0.1, -0.05) is 12.7 Å². The molecule has 2 aromatic carbocycles. The van der Waals surface area contributed by atoms with Crippen LogP contribution < -0.4 is 9.47 Å². The van der Waals surface area contributed by atoms with Crippen molar-refractivity contribution in [3.05, 3.63) is 71.8 Å². The van der Waals surface area contributed by atoms with Gasteiger partial charge in [-0.15, -0.1) is 0 Å². The summed E-state index contributed by atoms with van der Waals surface area (Å²) in [5, 5.41) is 0. The van der Waals surface area contributed by atoms with Gasteiger partial charge in [0.05, 0.1) is 17.7 Å². The fourth-order valence-corrected chi connectivity index (χ4v) is 7.05. The number of hydrogen-bond donors (Lipinski definition) is 0. The second kappa shape index (κ2) is 11.3. The quantitative estimate of drug-likeness (QED) is 0.154. The van der Waals surface area contributed by atoms with Gasteiger partial charge in [0.2, 0.25) is 0 Å². The molecular weight excluding hydrogens is 484 g/mol. The van der Waals surface area contributed by atoms with Gasteiger partial charge < -0.3 is 23.7 Å². The van der Waals surface area contributed by atoms with Crippen molar-refractivity contribution in [3.63, 3.8) is 0 Å². The standard InChI is InChI=1S/C31H36O7/c1-4-12-36-28(32)23-6-9-25(10-7-23)37-29(33)24-8-11-27(38-30(34-3)35-5-2)26(16-24)31-17-20-13-21(18-31)15-22(14-20)19-31/h4,6-11,16,20-22,30H,1,5,12-15,17-19H2,2-3H3. The Kier molecular flexibility index (Phi) is 7.86. The van der Waals surface area contributed by atoms with Crippen molar-refractivity contribution in [1.29, 1.82) is 0 Å². The van der Waals surface area contributed by atoms with E-state index in [2.05, 4.69) is 6.58 Å². The van der Waals surface area contributed by atoms with E-state index in [0.29, 0.717) is 29.2 Å². The first-order valence-electron chi connectivity index (χ1n) is 13.5. The van der Waals surface area contributed by atoms with Crippen LogP contribution in [0.3, 0.4) is 0 Å². The van der Waals surface area contributed by atoms with E-state index in [9.17, 15) is 9.59 Å². The van der Waals surface area contributed by atoms with Crippen molar-refractivity contribution < 1.29 is 33.3 Å². The molecule has 6 rings (SSSR count). The molecule has 1 atom stereocenters. The Morgan fingerprint density at radius 2 is 1.61 bits per heavy atom. The number of rotatable bonds is 11. The fourth-order valence-electron chi connectivity index (χ4n) is 7.05. The summed E-state index contributed by atoms with van der Waals surface area (Å²) in [6, 6.07) is 11.8. The molecule has 38 heavy (non-hydrogen) atoms. The van der Waals surface area contributed by atoms with Gasteiger partial charge in [-0.3, -0.25) is 0 Å². The first-order valence-corrected chi connectivity index (χ1v) is 13.5. The van der Waals surface area contributed by atoms with E-state index < -0.39 is 18.4 Å². The van der Waals surface area contributed by atoms with Crippen molar-refractivity contribution in [1.82, 2.24) is 0 Å². The minimum atomic E-state index is -0.817. The van der Waals surface area contributed by atoms with Crippen molar-refractivity contribution in [3.8, 4) is 11.5 Å². The fraction of sp³-hybridized carbons (Fsp3) is 0.484. The second-order valence-electron chi connectivity index (χ2n) is 10.8. The molecule has 4 saturated carbocycles. The highest BCUT2D eigenvalue weighted by Crippen LogP contribution is 2.62. The van der Waals surface area contributed by atoms with E-state index in [-0.39, 0.29) is 12.0 Å². The molecule has 7 heteroatoms. The zero-order chi connectivity index (χ0) is 26.7. The molecule has 0 N–H and O–H groups in total. The lowest BCUT2D eigenvalue weighted by molar-refractivity contribution is -0.231. The summed E-state index contributed by atoms with van der Waals surface area (Å²) in [6.07, 6.45) is 8.79. The molecule has 0 aromatic heterocycles. The predicted molar refractivity (Wildman–Crippen MR) is 141 cm³/mol. The maximum Gasteiger partial charge on any atom is 0.343 e. The largest absolute Gasteiger partial charge is 0.458 e. The number of esters is 2. The van der Waals surface area contributed by atoms with E-state index in [1.54, 1.807) is 37.4 Å². The van der Waals surface area contributed by atoms with Crippen LogP contribution in [0.1, 0.15) is 71.7 Å². The van der Waals surface area contributed by atoms with Crippen molar-refractivity contribution in [2.24, 2.45) is 17.8 Å². The van der Waals surface area contributed by atoms with Crippen LogP contribution in [-0.4, -0.2) is 38.7 Å². The summed E-state index contributed by atoms with van der Waals surface area (Å²) >= 11 is 0. The van der Waals surface area contributed by atoms with Gasteiger partial charge in [-0.05, 0) is 111 Å². The van der Waals surface area contributed by atoms with Crippen molar-refractivity contribution in [2.45, 2.75) is 57.3 Å². The van der Waals surface area contributed by atoms with Crippen LogP contribution in [0.15, 0.2) is 55.1 Å². The molecular formula is C31H36O7. The van der Waals surface area contributed by atoms with Gasteiger partial charge in [-0.25, -0.2) is 9.59 Å². The lowest BCUT2D eigenvalue weighted by Gasteiger charge is -2.57. The van der Waals surface area contributed by atoms with E-state index >= 15 is 0 Å². The minimum Gasteiger partial charge on any atom is -0.458 e. The SMILES string of the molecule is C=CCOC(=O)c1ccc(OC(=O)c2ccc(OC(OC)OCC)c(C34CC5CC(CC(C5)C3)C4)c2)cc1. The molecule has 1 unspecified atom stereocenters. The Bertz CT molecular complexity index is 1130. The van der Waals surface area contributed by atoms with Crippen LogP contribution >= 0.6 is 0 Å². The van der Waals surface area contributed by atoms with Gasteiger partial charge >= 0.3 is 18.4 Å². The van der Waals surface area contributed by atoms with Crippen LogP contribution in [0.5, 0.6) is 11.5 Å². The second-order valence-corrected chi connectivity index (χ2v) is 10.8. The van der Waals surface area contributed by atoms with Gasteiger partial charge in [0, 0.05) is 12.7 Å². The monoisotopic (exact) mass is 520 g/mol. The smallest absolute Gasteiger partial charge is 0.343 e. The first kappa shape index (κ1) is 26.4. The number of methoxy groups -OCH3 is 1. The predicted octanol–water partition coefficient (Wildman–Crippen LogP) is 6.06. The summed E-state index contributed by atoms with van der Waals surface area (Å²) in [7, 11) is 1.56.